The molecule has 24 heavy (non-hydrogen) atoms. The molecule has 0 fully saturated rings. The van der Waals surface area contributed by atoms with Gasteiger partial charge in [0.15, 0.2) is 0 Å². The van der Waals surface area contributed by atoms with Crippen molar-refractivity contribution in [3.8, 4) is 0 Å². The minimum Gasteiger partial charge on any atom is -0.463 e. The summed E-state index contributed by atoms with van der Waals surface area (Å²) in [6, 6.07) is 8.94. The third-order valence-corrected chi connectivity index (χ3v) is 2.93. The molecule has 1 aromatic carbocycles. The summed E-state index contributed by atoms with van der Waals surface area (Å²) in [6.45, 7) is 3.01. The SMILES string of the molecule is COCCOC(=O)CCCO/N=C(\C)CNC(=O)c1ccccc1. The predicted octanol–water partition coefficient (Wildman–Crippen LogP) is 1.78. The van der Waals surface area contributed by atoms with Crippen LogP contribution >= 0.6 is 0 Å². The first-order valence-corrected chi connectivity index (χ1v) is 7.76. The maximum Gasteiger partial charge on any atom is 0.305 e. The van der Waals surface area contributed by atoms with E-state index in [0.29, 0.717) is 37.5 Å². The van der Waals surface area contributed by atoms with Gasteiger partial charge < -0.3 is 19.6 Å². The number of rotatable bonds is 11. The van der Waals surface area contributed by atoms with Gasteiger partial charge in [-0.25, -0.2) is 0 Å². The molecule has 1 aromatic rings. The highest BCUT2D eigenvalue weighted by molar-refractivity contribution is 5.97. The van der Waals surface area contributed by atoms with E-state index >= 15 is 0 Å². The fourth-order valence-corrected chi connectivity index (χ4v) is 1.68. The second-order valence-corrected chi connectivity index (χ2v) is 5.03. The number of benzene rings is 1. The number of hydrogen-bond donors (Lipinski definition) is 1. The van der Waals surface area contributed by atoms with E-state index in [-0.39, 0.29) is 24.9 Å². The van der Waals surface area contributed by atoms with Gasteiger partial charge in [-0.15, -0.1) is 0 Å². The van der Waals surface area contributed by atoms with Crippen molar-refractivity contribution in [3.63, 3.8) is 0 Å². The number of esters is 1. The van der Waals surface area contributed by atoms with Crippen molar-refractivity contribution in [2.24, 2.45) is 5.16 Å². The van der Waals surface area contributed by atoms with Gasteiger partial charge in [0.1, 0.15) is 13.2 Å². The van der Waals surface area contributed by atoms with Crippen LogP contribution in [-0.2, 0) is 19.1 Å². The van der Waals surface area contributed by atoms with Crippen LogP contribution in [0.1, 0.15) is 30.1 Å². The molecule has 0 saturated carbocycles. The fraction of sp³-hybridized carbons (Fsp3) is 0.471. The molecule has 7 heteroatoms. The van der Waals surface area contributed by atoms with Gasteiger partial charge in [0.2, 0.25) is 0 Å². The molecule has 0 heterocycles. The Labute approximate surface area is 142 Å². The lowest BCUT2D eigenvalue weighted by atomic mass is 10.2. The Bertz CT molecular complexity index is 531. The largest absolute Gasteiger partial charge is 0.463 e. The number of carbonyl (C=O) groups is 2. The van der Waals surface area contributed by atoms with Crippen LogP contribution in [-0.4, -0.2) is 51.1 Å². The molecule has 132 valence electrons. The Balaban J connectivity index is 2.12. The molecule has 1 rings (SSSR count). The summed E-state index contributed by atoms with van der Waals surface area (Å²) in [5.74, 6) is -0.449. The normalized spacial score (nSPS) is 11.0. The minimum absolute atomic E-state index is 0.163. The Morgan fingerprint density at radius 3 is 2.58 bits per heavy atom. The van der Waals surface area contributed by atoms with Crippen molar-refractivity contribution in [1.82, 2.24) is 5.32 Å². The first kappa shape index (κ1) is 19.6. The monoisotopic (exact) mass is 336 g/mol. The van der Waals surface area contributed by atoms with E-state index in [4.69, 9.17) is 14.3 Å². The van der Waals surface area contributed by atoms with Crippen LogP contribution in [0, 0.1) is 0 Å². The predicted molar refractivity (Wildman–Crippen MR) is 89.9 cm³/mol. The van der Waals surface area contributed by atoms with Crippen LogP contribution in [0.3, 0.4) is 0 Å². The Hall–Kier alpha value is -2.41. The Kier molecular flexibility index (Phi) is 9.87. The van der Waals surface area contributed by atoms with Crippen LogP contribution in [0.2, 0.25) is 0 Å². The number of hydrogen-bond acceptors (Lipinski definition) is 6. The van der Waals surface area contributed by atoms with Crippen LogP contribution in [0.15, 0.2) is 35.5 Å². The molecule has 0 aromatic heterocycles. The molecule has 7 nitrogen and oxygen atoms in total. The van der Waals surface area contributed by atoms with Gasteiger partial charge in [-0.2, -0.15) is 0 Å². The van der Waals surface area contributed by atoms with Gasteiger partial charge in [-0.05, 0) is 25.5 Å². The zero-order valence-electron chi connectivity index (χ0n) is 14.1. The van der Waals surface area contributed by atoms with Crippen LogP contribution in [0.25, 0.3) is 0 Å². The molecule has 0 aliphatic heterocycles. The van der Waals surface area contributed by atoms with Crippen molar-refractivity contribution in [2.45, 2.75) is 19.8 Å². The van der Waals surface area contributed by atoms with Crippen LogP contribution in [0.5, 0.6) is 0 Å². The van der Waals surface area contributed by atoms with Crippen molar-refractivity contribution >= 4 is 17.6 Å². The number of carbonyl (C=O) groups excluding carboxylic acids is 2. The van der Waals surface area contributed by atoms with Crippen molar-refractivity contribution < 1.29 is 23.9 Å². The second-order valence-electron chi connectivity index (χ2n) is 5.03. The molecule has 0 saturated heterocycles. The van der Waals surface area contributed by atoms with E-state index < -0.39 is 0 Å². The topological polar surface area (TPSA) is 86.2 Å². The molecule has 0 bridgehead atoms. The number of ether oxygens (including phenoxy) is 2. The maximum atomic E-state index is 11.8. The highest BCUT2D eigenvalue weighted by Crippen LogP contribution is 1.98. The average molecular weight is 336 g/mol. The van der Waals surface area contributed by atoms with Gasteiger partial charge >= 0.3 is 5.97 Å². The van der Waals surface area contributed by atoms with E-state index in [0.717, 1.165) is 0 Å². The number of methoxy groups -OCH3 is 1. The smallest absolute Gasteiger partial charge is 0.305 e. The summed E-state index contributed by atoms with van der Waals surface area (Å²) in [5.41, 5.74) is 1.24. The van der Waals surface area contributed by atoms with E-state index in [1.54, 1.807) is 38.3 Å². The lowest BCUT2D eigenvalue weighted by Crippen LogP contribution is -2.28. The number of nitrogens with one attached hydrogen (secondary N) is 1. The zero-order chi connectivity index (χ0) is 17.6. The Morgan fingerprint density at radius 2 is 1.88 bits per heavy atom. The Morgan fingerprint density at radius 1 is 1.12 bits per heavy atom. The number of nitrogens with zero attached hydrogens (tertiary/aromatic N) is 1. The van der Waals surface area contributed by atoms with Crippen LogP contribution < -0.4 is 5.32 Å². The molecule has 0 aliphatic rings. The maximum absolute atomic E-state index is 11.8. The van der Waals surface area contributed by atoms with Gasteiger partial charge in [-0.1, -0.05) is 23.4 Å². The first-order valence-electron chi connectivity index (χ1n) is 7.76. The van der Waals surface area contributed by atoms with Crippen molar-refractivity contribution in [1.29, 1.82) is 0 Å². The highest BCUT2D eigenvalue weighted by atomic mass is 16.6. The van der Waals surface area contributed by atoms with Gasteiger partial charge in [0.05, 0.1) is 18.9 Å². The van der Waals surface area contributed by atoms with Crippen molar-refractivity contribution in [2.75, 3.05) is 33.5 Å². The lowest BCUT2D eigenvalue weighted by Gasteiger charge is -2.06. The summed E-state index contributed by atoms with van der Waals surface area (Å²) >= 11 is 0. The number of oxime groups is 1. The highest BCUT2D eigenvalue weighted by Gasteiger charge is 2.05. The molecule has 0 radical (unpaired) electrons. The van der Waals surface area contributed by atoms with E-state index in [9.17, 15) is 9.59 Å². The lowest BCUT2D eigenvalue weighted by molar-refractivity contribution is -0.145. The fourth-order valence-electron chi connectivity index (χ4n) is 1.68. The summed E-state index contributed by atoms with van der Waals surface area (Å²) in [5, 5.41) is 6.64. The third-order valence-electron chi connectivity index (χ3n) is 2.93. The van der Waals surface area contributed by atoms with Gasteiger partial charge in [0, 0.05) is 19.1 Å². The summed E-state index contributed by atoms with van der Waals surface area (Å²) < 4.78 is 9.69. The summed E-state index contributed by atoms with van der Waals surface area (Å²) in [4.78, 5) is 28.3. The average Bonchev–Trinajstić information content (AvgIpc) is 2.60. The quantitative estimate of drug-likeness (QED) is 0.288. The van der Waals surface area contributed by atoms with E-state index in [1.165, 1.54) is 0 Å². The number of amides is 1. The van der Waals surface area contributed by atoms with E-state index in [2.05, 4.69) is 10.5 Å². The zero-order valence-corrected chi connectivity index (χ0v) is 14.1. The third kappa shape index (κ3) is 8.89. The molecular formula is C17H24N2O5. The standard InChI is InChI=1S/C17H24N2O5/c1-14(13-18-17(21)15-7-4-3-5-8-15)19-24-10-6-9-16(20)23-12-11-22-2/h3-5,7-8H,6,9-13H2,1-2H3,(H,18,21)/b19-14+. The minimum atomic E-state index is -0.286. The molecule has 0 atom stereocenters. The van der Waals surface area contributed by atoms with E-state index in [1.807, 2.05) is 6.07 Å². The molecule has 1 amide bonds. The summed E-state index contributed by atoms with van der Waals surface area (Å²) in [6.07, 6.45) is 0.780. The van der Waals surface area contributed by atoms with Crippen molar-refractivity contribution in [3.05, 3.63) is 35.9 Å². The van der Waals surface area contributed by atoms with Gasteiger partial charge in [0.25, 0.3) is 5.91 Å². The second kappa shape index (κ2) is 12.1. The molecule has 0 aliphatic carbocycles. The molecule has 1 N–H and O–H groups in total. The van der Waals surface area contributed by atoms with Gasteiger partial charge in [-0.3, -0.25) is 9.59 Å². The molecular weight excluding hydrogens is 312 g/mol. The first-order chi connectivity index (χ1) is 11.6. The molecule has 0 unspecified atom stereocenters. The summed E-state index contributed by atoms with van der Waals surface area (Å²) in [7, 11) is 1.55. The molecule has 0 spiro atoms. The van der Waals surface area contributed by atoms with Crippen LogP contribution in [0.4, 0.5) is 0 Å².